The number of carbonyl (C=O) groups is 1. The highest BCUT2D eigenvalue weighted by molar-refractivity contribution is 7.99. The number of amides is 1. The molecule has 0 aliphatic rings. The van der Waals surface area contributed by atoms with E-state index in [1.54, 1.807) is 61.7 Å². The molecule has 1 aromatic heterocycles. The summed E-state index contributed by atoms with van der Waals surface area (Å²) in [5.74, 6) is 0.534. The van der Waals surface area contributed by atoms with Crippen LogP contribution in [0.4, 0.5) is 5.69 Å². The van der Waals surface area contributed by atoms with Crippen molar-refractivity contribution in [2.24, 2.45) is 0 Å². The van der Waals surface area contributed by atoms with Crippen LogP contribution in [0.15, 0.2) is 76.7 Å². The first kappa shape index (κ1) is 21.9. The fraction of sp³-hybridized carbons (Fsp3) is 0.125. The van der Waals surface area contributed by atoms with Gasteiger partial charge < -0.3 is 10.1 Å². The minimum atomic E-state index is -0.224. The molecule has 0 saturated heterocycles. The molecule has 0 saturated carbocycles. The van der Waals surface area contributed by atoms with Crippen LogP contribution in [0, 0.1) is 6.92 Å². The second-order valence-corrected chi connectivity index (χ2v) is 8.40. The smallest absolute Gasteiger partial charge is 0.266 e. The van der Waals surface area contributed by atoms with Crippen molar-refractivity contribution in [2.75, 3.05) is 18.2 Å². The molecule has 4 aromatic rings. The number of para-hydroxylation sites is 1. The predicted molar refractivity (Wildman–Crippen MR) is 129 cm³/mol. The third-order valence-electron chi connectivity index (χ3n) is 4.86. The Labute approximate surface area is 194 Å². The predicted octanol–water partition coefficient (Wildman–Crippen LogP) is 5.09. The molecule has 0 aliphatic carbocycles. The van der Waals surface area contributed by atoms with Crippen LogP contribution in [0.5, 0.6) is 5.75 Å². The Balaban J connectivity index is 1.65. The fourth-order valence-corrected chi connectivity index (χ4v) is 4.16. The number of hydrogen-bond donors (Lipinski definition) is 1. The van der Waals surface area contributed by atoms with Crippen molar-refractivity contribution < 1.29 is 9.53 Å². The molecule has 162 valence electrons. The third-order valence-corrected chi connectivity index (χ3v) is 6.21. The molecular weight excluding hydrogens is 446 g/mol. The molecule has 0 aliphatic heterocycles. The van der Waals surface area contributed by atoms with E-state index in [2.05, 4.69) is 10.3 Å². The Kier molecular flexibility index (Phi) is 6.48. The Morgan fingerprint density at radius 2 is 1.88 bits per heavy atom. The number of benzene rings is 3. The molecule has 8 heteroatoms. The molecule has 0 spiro atoms. The number of aromatic nitrogens is 2. The summed E-state index contributed by atoms with van der Waals surface area (Å²) in [4.78, 5) is 30.5. The minimum absolute atomic E-state index is 0.0758. The maximum Gasteiger partial charge on any atom is 0.266 e. The molecule has 6 nitrogen and oxygen atoms in total. The maximum atomic E-state index is 13.3. The van der Waals surface area contributed by atoms with E-state index in [4.69, 9.17) is 16.3 Å². The summed E-state index contributed by atoms with van der Waals surface area (Å²) in [5, 5.41) is 4.35. The number of methoxy groups -OCH3 is 1. The Hall–Kier alpha value is -3.29. The molecule has 0 radical (unpaired) electrons. The number of fused-ring (bicyclic) bond motifs is 1. The number of rotatable bonds is 6. The minimum Gasteiger partial charge on any atom is -0.497 e. The van der Waals surface area contributed by atoms with Crippen LogP contribution in [0.3, 0.4) is 0 Å². The average molecular weight is 466 g/mol. The second-order valence-electron chi connectivity index (χ2n) is 7.05. The summed E-state index contributed by atoms with van der Waals surface area (Å²) in [6.07, 6.45) is 0. The van der Waals surface area contributed by atoms with Gasteiger partial charge in [0, 0.05) is 10.7 Å². The van der Waals surface area contributed by atoms with E-state index in [-0.39, 0.29) is 17.2 Å². The molecular formula is C24H20ClN3O3S. The summed E-state index contributed by atoms with van der Waals surface area (Å²) in [5.41, 5.74) is 2.57. The van der Waals surface area contributed by atoms with E-state index in [1.165, 1.54) is 16.3 Å². The highest BCUT2D eigenvalue weighted by Gasteiger charge is 2.15. The zero-order valence-corrected chi connectivity index (χ0v) is 19.0. The Morgan fingerprint density at radius 3 is 2.59 bits per heavy atom. The number of aryl methyl sites for hydroxylation is 1. The summed E-state index contributed by atoms with van der Waals surface area (Å²) in [6, 6.07) is 19.6. The number of halogens is 1. The monoisotopic (exact) mass is 465 g/mol. The van der Waals surface area contributed by atoms with Gasteiger partial charge >= 0.3 is 0 Å². The van der Waals surface area contributed by atoms with E-state index in [0.717, 1.165) is 5.56 Å². The Bertz CT molecular complexity index is 1350. The van der Waals surface area contributed by atoms with Crippen LogP contribution < -0.4 is 15.6 Å². The average Bonchev–Trinajstić information content (AvgIpc) is 2.80. The first-order valence-corrected chi connectivity index (χ1v) is 11.2. The van der Waals surface area contributed by atoms with Gasteiger partial charge in [-0.05, 0) is 61.0 Å². The topological polar surface area (TPSA) is 73.2 Å². The van der Waals surface area contributed by atoms with E-state index >= 15 is 0 Å². The molecule has 0 bridgehead atoms. The van der Waals surface area contributed by atoms with Crippen LogP contribution in [0.2, 0.25) is 5.02 Å². The standard InChI is InChI=1S/C24H20ClN3O3S/c1-15-7-8-16(13-20(15)25)26-22(29)14-32-24-27-21-6-4-3-5-19(21)23(30)28(24)17-9-11-18(31-2)12-10-17/h3-13H,14H2,1-2H3,(H,26,29). The van der Waals surface area contributed by atoms with Gasteiger partial charge in [0.15, 0.2) is 5.16 Å². The van der Waals surface area contributed by atoms with Gasteiger partial charge in [0.2, 0.25) is 5.91 Å². The molecule has 0 unspecified atom stereocenters. The lowest BCUT2D eigenvalue weighted by atomic mass is 10.2. The Morgan fingerprint density at radius 1 is 1.12 bits per heavy atom. The van der Waals surface area contributed by atoms with Gasteiger partial charge in [-0.2, -0.15) is 0 Å². The molecule has 4 rings (SSSR count). The van der Waals surface area contributed by atoms with Crippen LogP contribution >= 0.6 is 23.4 Å². The van der Waals surface area contributed by atoms with Crippen LogP contribution in [-0.4, -0.2) is 28.3 Å². The van der Waals surface area contributed by atoms with Gasteiger partial charge in [-0.25, -0.2) is 4.98 Å². The zero-order chi connectivity index (χ0) is 22.7. The first-order valence-electron chi connectivity index (χ1n) is 9.81. The number of nitrogens with zero attached hydrogens (tertiary/aromatic N) is 2. The molecule has 32 heavy (non-hydrogen) atoms. The van der Waals surface area contributed by atoms with Crippen LogP contribution in [-0.2, 0) is 4.79 Å². The molecule has 1 amide bonds. The summed E-state index contributed by atoms with van der Waals surface area (Å²) >= 11 is 7.33. The number of carbonyl (C=O) groups excluding carboxylic acids is 1. The first-order chi connectivity index (χ1) is 15.5. The largest absolute Gasteiger partial charge is 0.497 e. The van der Waals surface area contributed by atoms with E-state index < -0.39 is 0 Å². The van der Waals surface area contributed by atoms with Crippen molar-refractivity contribution in [3.05, 3.63) is 87.7 Å². The highest BCUT2D eigenvalue weighted by atomic mass is 35.5. The lowest BCUT2D eigenvalue weighted by Gasteiger charge is -2.14. The fourth-order valence-electron chi connectivity index (χ4n) is 3.17. The number of thioether (sulfide) groups is 1. The zero-order valence-electron chi connectivity index (χ0n) is 17.5. The second kappa shape index (κ2) is 9.46. The molecule has 0 atom stereocenters. The number of anilines is 1. The summed E-state index contributed by atoms with van der Waals surface area (Å²) < 4.78 is 6.73. The van der Waals surface area contributed by atoms with E-state index in [0.29, 0.717) is 38.2 Å². The normalized spacial score (nSPS) is 10.8. The number of nitrogens with one attached hydrogen (secondary N) is 1. The summed E-state index contributed by atoms with van der Waals surface area (Å²) in [7, 11) is 1.58. The molecule has 0 fully saturated rings. The van der Waals surface area contributed by atoms with Crippen molar-refractivity contribution in [3.8, 4) is 11.4 Å². The molecule has 1 heterocycles. The highest BCUT2D eigenvalue weighted by Crippen LogP contribution is 2.24. The summed E-state index contributed by atoms with van der Waals surface area (Å²) in [6.45, 7) is 1.90. The SMILES string of the molecule is COc1ccc(-n2c(SCC(=O)Nc3ccc(C)c(Cl)c3)nc3ccccc3c2=O)cc1. The lowest BCUT2D eigenvalue weighted by molar-refractivity contribution is -0.113. The quantitative estimate of drug-likeness (QED) is 0.317. The van der Waals surface area contributed by atoms with E-state index in [1.807, 2.05) is 19.1 Å². The van der Waals surface area contributed by atoms with Crippen molar-refractivity contribution in [1.29, 1.82) is 0 Å². The maximum absolute atomic E-state index is 13.3. The van der Waals surface area contributed by atoms with Gasteiger partial charge in [-0.15, -0.1) is 0 Å². The molecule has 3 aromatic carbocycles. The molecule has 1 N–H and O–H groups in total. The van der Waals surface area contributed by atoms with Gasteiger partial charge in [-0.1, -0.05) is 41.6 Å². The van der Waals surface area contributed by atoms with Gasteiger partial charge in [0.25, 0.3) is 5.56 Å². The van der Waals surface area contributed by atoms with Crippen molar-refractivity contribution >= 4 is 45.9 Å². The van der Waals surface area contributed by atoms with Crippen LogP contribution in [0.25, 0.3) is 16.6 Å². The third kappa shape index (κ3) is 4.64. The van der Waals surface area contributed by atoms with Gasteiger partial charge in [0.1, 0.15) is 5.75 Å². The van der Waals surface area contributed by atoms with Gasteiger partial charge in [-0.3, -0.25) is 14.2 Å². The van der Waals surface area contributed by atoms with Crippen molar-refractivity contribution in [3.63, 3.8) is 0 Å². The number of ether oxygens (including phenoxy) is 1. The van der Waals surface area contributed by atoms with Crippen molar-refractivity contribution in [1.82, 2.24) is 9.55 Å². The number of hydrogen-bond acceptors (Lipinski definition) is 5. The van der Waals surface area contributed by atoms with Gasteiger partial charge in [0.05, 0.1) is 29.5 Å². The van der Waals surface area contributed by atoms with Crippen LogP contribution in [0.1, 0.15) is 5.56 Å². The van der Waals surface area contributed by atoms with E-state index in [9.17, 15) is 9.59 Å². The van der Waals surface area contributed by atoms with Crippen molar-refractivity contribution in [2.45, 2.75) is 12.1 Å². The lowest BCUT2D eigenvalue weighted by Crippen LogP contribution is -2.23.